The summed E-state index contributed by atoms with van der Waals surface area (Å²) in [4.78, 5) is 14.1. The number of para-hydroxylation sites is 1. The number of amides is 2. The molecule has 4 nitrogen and oxygen atoms in total. The highest BCUT2D eigenvalue weighted by molar-refractivity contribution is 5.89. The van der Waals surface area contributed by atoms with Crippen LogP contribution in [0, 0.1) is 6.92 Å². The zero-order valence-corrected chi connectivity index (χ0v) is 13.3. The molecule has 0 bridgehead atoms. The van der Waals surface area contributed by atoms with Gasteiger partial charge in [-0.2, -0.15) is 0 Å². The van der Waals surface area contributed by atoms with E-state index in [2.05, 4.69) is 34.6 Å². The van der Waals surface area contributed by atoms with Crippen LogP contribution in [0.3, 0.4) is 0 Å². The summed E-state index contributed by atoms with van der Waals surface area (Å²) in [5, 5.41) is 5.74. The van der Waals surface area contributed by atoms with Crippen LogP contribution in [0.15, 0.2) is 54.6 Å². The van der Waals surface area contributed by atoms with E-state index in [-0.39, 0.29) is 12.1 Å². The molecule has 1 atom stereocenters. The molecule has 0 saturated heterocycles. The summed E-state index contributed by atoms with van der Waals surface area (Å²) in [6, 6.07) is 17.9. The predicted octanol–water partition coefficient (Wildman–Crippen LogP) is 3.64. The number of nitrogens with zero attached hydrogens (tertiary/aromatic N) is 1. The summed E-state index contributed by atoms with van der Waals surface area (Å²) < 4.78 is 0. The molecule has 2 rings (SSSR count). The van der Waals surface area contributed by atoms with E-state index in [0.717, 1.165) is 11.4 Å². The maximum Gasteiger partial charge on any atom is 0.319 e. The van der Waals surface area contributed by atoms with Crippen LogP contribution >= 0.6 is 0 Å². The third-order valence-corrected chi connectivity index (χ3v) is 3.69. The van der Waals surface area contributed by atoms with Gasteiger partial charge in [-0.3, -0.25) is 0 Å². The summed E-state index contributed by atoms with van der Waals surface area (Å²) in [5.41, 5.74) is 3.10. The van der Waals surface area contributed by atoms with Crippen molar-refractivity contribution in [2.45, 2.75) is 19.9 Å². The summed E-state index contributed by atoms with van der Waals surface area (Å²) in [6.45, 7) is 4.67. The Bertz CT molecular complexity index is 595. The molecule has 116 valence electrons. The van der Waals surface area contributed by atoms with Crippen molar-refractivity contribution in [2.24, 2.45) is 0 Å². The van der Waals surface area contributed by atoms with Gasteiger partial charge in [-0.15, -0.1) is 0 Å². The Kier molecular flexibility index (Phi) is 5.42. The Morgan fingerprint density at radius 3 is 2.36 bits per heavy atom. The Morgan fingerprint density at radius 2 is 1.73 bits per heavy atom. The lowest BCUT2D eigenvalue weighted by Crippen LogP contribution is -2.41. The van der Waals surface area contributed by atoms with Crippen molar-refractivity contribution in [3.8, 4) is 0 Å². The lowest BCUT2D eigenvalue weighted by atomic mass is 10.2. The number of anilines is 2. The normalized spacial score (nSPS) is 11.6. The zero-order chi connectivity index (χ0) is 15.9. The van der Waals surface area contributed by atoms with Crippen LogP contribution in [-0.2, 0) is 0 Å². The van der Waals surface area contributed by atoms with Crippen molar-refractivity contribution < 1.29 is 4.79 Å². The fourth-order valence-electron chi connectivity index (χ4n) is 2.11. The number of likely N-dealkylation sites (N-methyl/N-ethyl adjacent to an activating group) is 1. The van der Waals surface area contributed by atoms with E-state index < -0.39 is 0 Å². The van der Waals surface area contributed by atoms with Gasteiger partial charge in [-0.25, -0.2) is 4.79 Å². The molecule has 2 aromatic carbocycles. The lowest BCUT2D eigenvalue weighted by molar-refractivity contribution is 0.251. The molecule has 0 radical (unpaired) electrons. The second kappa shape index (κ2) is 7.50. The van der Waals surface area contributed by atoms with Gasteiger partial charge in [0.2, 0.25) is 0 Å². The van der Waals surface area contributed by atoms with E-state index in [1.54, 1.807) is 0 Å². The van der Waals surface area contributed by atoms with Crippen LogP contribution < -0.4 is 15.5 Å². The summed E-state index contributed by atoms with van der Waals surface area (Å²) in [6.07, 6.45) is 0. The van der Waals surface area contributed by atoms with E-state index in [4.69, 9.17) is 0 Å². The first-order valence-electron chi connectivity index (χ1n) is 7.45. The topological polar surface area (TPSA) is 44.4 Å². The highest BCUT2D eigenvalue weighted by Gasteiger charge is 2.11. The van der Waals surface area contributed by atoms with E-state index in [1.165, 1.54) is 5.56 Å². The monoisotopic (exact) mass is 297 g/mol. The molecular weight excluding hydrogens is 274 g/mol. The molecule has 2 amide bonds. The van der Waals surface area contributed by atoms with Crippen LogP contribution in [0.1, 0.15) is 12.5 Å². The van der Waals surface area contributed by atoms with Gasteiger partial charge in [0.25, 0.3) is 0 Å². The van der Waals surface area contributed by atoms with Crippen molar-refractivity contribution in [3.63, 3.8) is 0 Å². The second-order valence-electron chi connectivity index (χ2n) is 5.50. The zero-order valence-electron chi connectivity index (χ0n) is 13.3. The average molecular weight is 297 g/mol. The SMILES string of the molecule is Cc1ccc(NC(=O)NC[C@@H](C)N(C)c2ccccc2)cc1. The van der Waals surface area contributed by atoms with Gasteiger partial charge in [0.1, 0.15) is 0 Å². The highest BCUT2D eigenvalue weighted by Crippen LogP contribution is 2.13. The molecule has 22 heavy (non-hydrogen) atoms. The largest absolute Gasteiger partial charge is 0.370 e. The first kappa shape index (κ1) is 15.9. The Hall–Kier alpha value is -2.49. The molecule has 0 unspecified atom stereocenters. The van der Waals surface area contributed by atoms with Crippen LogP contribution in [0.25, 0.3) is 0 Å². The van der Waals surface area contributed by atoms with Crippen LogP contribution in [-0.4, -0.2) is 25.7 Å². The van der Waals surface area contributed by atoms with Gasteiger partial charge in [-0.05, 0) is 38.1 Å². The minimum atomic E-state index is -0.183. The Morgan fingerprint density at radius 1 is 1.09 bits per heavy atom. The lowest BCUT2D eigenvalue weighted by Gasteiger charge is -2.27. The first-order valence-corrected chi connectivity index (χ1v) is 7.45. The molecular formula is C18H23N3O. The number of carbonyl (C=O) groups is 1. The smallest absolute Gasteiger partial charge is 0.319 e. The number of urea groups is 1. The molecule has 0 heterocycles. The first-order chi connectivity index (χ1) is 10.6. The number of benzene rings is 2. The van der Waals surface area contributed by atoms with Gasteiger partial charge in [0.15, 0.2) is 0 Å². The third kappa shape index (κ3) is 4.52. The number of nitrogens with one attached hydrogen (secondary N) is 2. The molecule has 4 heteroatoms. The maximum atomic E-state index is 11.9. The maximum absolute atomic E-state index is 11.9. The molecule has 0 aromatic heterocycles. The number of rotatable bonds is 5. The number of aryl methyl sites for hydroxylation is 1. The highest BCUT2D eigenvalue weighted by atomic mass is 16.2. The Labute approximate surface area is 132 Å². The van der Waals surface area contributed by atoms with Crippen molar-refractivity contribution in [2.75, 3.05) is 23.8 Å². The quantitative estimate of drug-likeness (QED) is 0.885. The molecule has 0 fully saturated rings. The molecule has 0 aliphatic rings. The van der Waals surface area contributed by atoms with Gasteiger partial charge in [0, 0.05) is 31.0 Å². The summed E-state index contributed by atoms with van der Waals surface area (Å²) in [5.74, 6) is 0. The average Bonchev–Trinajstić information content (AvgIpc) is 2.55. The number of hydrogen-bond acceptors (Lipinski definition) is 2. The van der Waals surface area contributed by atoms with E-state index >= 15 is 0 Å². The molecule has 0 spiro atoms. The van der Waals surface area contributed by atoms with Gasteiger partial charge in [0.05, 0.1) is 0 Å². The van der Waals surface area contributed by atoms with Gasteiger partial charge < -0.3 is 15.5 Å². The molecule has 0 aliphatic heterocycles. The standard InChI is InChI=1S/C18H23N3O/c1-14-9-11-16(12-10-14)20-18(22)19-13-15(2)21(3)17-7-5-4-6-8-17/h4-12,15H,13H2,1-3H3,(H2,19,20,22)/t15-/m1/s1. The number of carbonyl (C=O) groups excluding carboxylic acids is 1. The van der Waals surface area contributed by atoms with Crippen molar-refractivity contribution in [3.05, 3.63) is 60.2 Å². The molecule has 2 aromatic rings. The fourth-order valence-corrected chi connectivity index (χ4v) is 2.11. The molecule has 2 N–H and O–H groups in total. The summed E-state index contributed by atoms with van der Waals surface area (Å²) >= 11 is 0. The van der Waals surface area contributed by atoms with Gasteiger partial charge in [-0.1, -0.05) is 35.9 Å². The van der Waals surface area contributed by atoms with Crippen LogP contribution in [0.5, 0.6) is 0 Å². The van der Waals surface area contributed by atoms with Gasteiger partial charge >= 0.3 is 6.03 Å². The Balaban J connectivity index is 1.81. The third-order valence-electron chi connectivity index (χ3n) is 3.69. The number of hydrogen-bond donors (Lipinski definition) is 2. The van der Waals surface area contributed by atoms with Crippen molar-refractivity contribution in [1.29, 1.82) is 0 Å². The second-order valence-corrected chi connectivity index (χ2v) is 5.50. The summed E-state index contributed by atoms with van der Waals surface area (Å²) in [7, 11) is 2.03. The van der Waals surface area contributed by atoms with E-state index in [9.17, 15) is 4.79 Å². The van der Waals surface area contributed by atoms with Crippen molar-refractivity contribution in [1.82, 2.24) is 5.32 Å². The van der Waals surface area contributed by atoms with Crippen LogP contribution in [0.4, 0.5) is 16.2 Å². The predicted molar refractivity (Wildman–Crippen MR) is 92.5 cm³/mol. The molecule has 0 aliphatic carbocycles. The van der Waals surface area contributed by atoms with E-state index in [1.807, 2.05) is 56.4 Å². The van der Waals surface area contributed by atoms with Crippen molar-refractivity contribution >= 4 is 17.4 Å². The molecule has 0 saturated carbocycles. The van der Waals surface area contributed by atoms with Crippen LogP contribution in [0.2, 0.25) is 0 Å². The fraction of sp³-hybridized carbons (Fsp3) is 0.278. The minimum absolute atomic E-state index is 0.183. The minimum Gasteiger partial charge on any atom is -0.370 e. The van der Waals surface area contributed by atoms with E-state index in [0.29, 0.717) is 6.54 Å².